The highest BCUT2D eigenvalue weighted by molar-refractivity contribution is 6.30. The Labute approximate surface area is 102 Å². The van der Waals surface area contributed by atoms with Crippen LogP contribution in [0.4, 0.5) is 0 Å². The van der Waals surface area contributed by atoms with Crippen molar-refractivity contribution in [2.75, 3.05) is 7.11 Å². The number of rotatable bonds is 5. The van der Waals surface area contributed by atoms with Gasteiger partial charge in [0, 0.05) is 11.1 Å². The van der Waals surface area contributed by atoms with Gasteiger partial charge in [-0.2, -0.15) is 0 Å². The summed E-state index contributed by atoms with van der Waals surface area (Å²) in [5.41, 5.74) is 7.24. The number of hydrogen-bond donors (Lipinski definition) is 1. The molecule has 3 heteroatoms. The molecule has 1 aromatic carbocycles. The first-order valence-corrected chi connectivity index (χ1v) is 6.16. The Morgan fingerprint density at radius 2 is 2.25 bits per heavy atom. The van der Waals surface area contributed by atoms with E-state index in [2.05, 4.69) is 0 Å². The highest BCUT2D eigenvalue weighted by Gasteiger charge is 2.28. The molecule has 1 aromatic rings. The van der Waals surface area contributed by atoms with Crippen LogP contribution in [0.15, 0.2) is 18.2 Å². The molecule has 16 heavy (non-hydrogen) atoms. The summed E-state index contributed by atoms with van der Waals surface area (Å²) >= 11 is 5.98. The Morgan fingerprint density at radius 1 is 1.50 bits per heavy atom. The van der Waals surface area contributed by atoms with Gasteiger partial charge in [0.25, 0.3) is 0 Å². The smallest absolute Gasteiger partial charge is 0.122 e. The van der Waals surface area contributed by atoms with Crippen molar-refractivity contribution in [1.29, 1.82) is 0 Å². The van der Waals surface area contributed by atoms with Crippen molar-refractivity contribution in [3.05, 3.63) is 28.8 Å². The predicted molar refractivity (Wildman–Crippen MR) is 67.0 cm³/mol. The van der Waals surface area contributed by atoms with E-state index in [1.54, 1.807) is 7.11 Å². The van der Waals surface area contributed by atoms with Gasteiger partial charge in [0.05, 0.1) is 7.11 Å². The Kier molecular flexibility index (Phi) is 3.72. The molecule has 2 rings (SSSR count). The summed E-state index contributed by atoms with van der Waals surface area (Å²) in [4.78, 5) is 0. The highest BCUT2D eigenvalue weighted by atomic mass is 35.5. The van der Waals surface area contributed by atoms with Crippen LogP contribution in [0.3, 0.4) is 0 Å². The van der Waals surface area contributed by atoms with Crippen LogP contribution in [0.25, 0.3) is 0 Å². The van der Waals surface area contributed by atoms with Gasteiger partial charge in [-0.3, -0.25) is 0 Å². The second-order valence-corrected chi connectivity index (χ2v) is 4.93. The molecule has 1 aliphatic carbocycles. The first kappa shape index (κ1) is 11.7. The average molecular weight is 240 g/mol. The number of nitrogens with two attached hydrogens (primary N) is 1. The molecule has 1 aliphatic rings. The minimum atomic E-state index is 0.337. The normalized spacial score (nSPS) is 17.2. The monoisotopic (exact) mass is 239 g/mol. The molecule has 0 heterocycles. The van der Waals surface area contributed by atoms with Crippen LogP contribution < -0.4 is 10.5 Å². The van der Waals surface area contributed by atoms with E-state index in [1.807, 2.05) is 18.2 Å². The van der Waals surface area contributed by atoms with E-state index in [4.69, 9.17) is 22.1 Å². The zero-order valence-electron chi connectivity index (χ0n) is 9.58. The lowest BCUT2D eigenvalue weighted by atomic mass is 10.0. The van der Waals surface area contributed by atoms with Crippen molar-refractivity contribution in [1.82, 2.24) is 0 Å². The molecule has 0 amide bonds. The summed E-state index contributed by atoms with van der Waals surface area (Å²) in [6, 6.07) is 6.08. The average Bonchev–Trinajstić information content (AvgIpc) is 3.10. The van der Waals surface area contributed by atoms with Crippen molar-refractivity contribution >= 4 is 11.6 Å². The summed E-state index contributed by atoms with van der Waals surface area (Å²) in [7, 11) is 1.69. The second kappa shape index (κ2) is 5.07. The first-order valence-electron chi connectivity index (χ1n) is 5.78. The minimum Gasteiger partial charge on any atom is -0.496 e. The largest absolute Gasteiger partial charge is 0.496 e. The molecule has 88 valence electrons. The summed E-state index contributed by atoms with van der Waals surface area (Å²) in [6.45, 7) is 0. The van der Waals surface area contributed by atoms with Crippen molar-refractivity contribution in [2.45, 2.75) is 31.7 Å². The fourth-order valence-corrected chi connectivity index (χ4v) is 2.22. The molecule has 1 atom stereocenters. The maximum absolute atomic E-state index is 6.08. The van der Waals surface area contributed by atoms with Crippen LogP contribution in [-0.2, 0) is 6.42 Å². The standard InChI is InChI=1S/C13H18ClNO/c1-16-13-7-5-11(14)8-10(13)4-6-12(15)9-2-3-9/h5,7-9,12H,2-4,6,15H2,1H3. The Morgan fingerprint density at radius 3 is 2.88 bits per heavy atom. The Balaban J connectivity index is 1.98. The van der Waals surface area contributed by atoms with Crippen LogP contribution in [0.5, 0.6) is 5.75 Å². The zero-order chi connectivity index (χ0) is 11.5. The van der Waals surface area contributed by atoms with Gasteiger partial charge >= 0.3 is 0 Å². The molecular weight excluding hydrogens is 222 g/mol. The first-order chi connectivity index (χ1) is 7.70. The third kappa shape index (κ3) is 2.89. The summed E-state index contributed by atoms with van der Waals surface area (Å²) < 4.78 is 5.31. The van der Waals surface area contributed by atoms with Crippen molar-refractivity contribution in [3.63, 3.8) is 0 Å². The maximum Gasteiger partial charge on any atom is 0.122 e. The molecule has 1 saturated carbocycles. The van der Waals surface area contributed by atoms with Crippen LogP contribution >= 0.6 is 11.6 Å². The zero-order valence-corrected chi connectivity index (χ0v) is 10.3. The van der Waals surface area contributed by atoms with Crippen molar-refractivity contribution < 1.29 is 4.74 Å². The van der Waals surface area contributed by atoms with Gasteiger partial charge in [-0.1, -0.05) is 11.6 Å². The van der Waals surface area contributed by atoms with Gasteiger partial charge in [0.1, 0.15) is 5.75 Å². The van der Waals surface area contributed by atoms with E-state index in [-0.39, 0.29) is 0 Å². The number of halogens is 1. The van der Waals surface area contributed by atoms with Crippen LogP contribution in [0, 0.1) is 5.92 Å². The fraction of sp³-hybridized carbons (Fsp3) is 0.538. The molecule has 0 aliphatic heterocycles. The third-order valence-electron chi connectivity index (χ3n) is 3.22. The van der Waals surface area contributed by atoms with Crippen LogP contribution in [0.1, 0.15) is 24.8 Å². The maximum atomic E-state index is 6.08. The molecule has 0 spiro atoms. The van der Waals surface area contributed by atoms with Crippen LogP contribution in [-0.4, -0.2) is 13.2 Å². The molecule has 1 fully saturated rings. The molecule has 0 radical (unpaired) electrons. The lowest BCUT2D eigenvalue weighted by Crippen LogP contribution is -2.22. The van der Waals surface area contributed by atoms with E-state index in [9.17, 15) is 0 Å². The predicted octanol–water partition coefficient (Wildman–Crippen LogP) is 3.02. The van der Waals surface area contributed by atoms with Crippen molar-refractivity contribution in [2.24, 2.45) is 11.7 Å². The van der Waals surface area contributed by atoms with E-state index in [1.165, 1.54) is 12.8 Å². The highest BCUT2D eigenvalue weighted by Crippen LogP contribution is 2.34. The topological polar surface area (TPSA) is 35.2 Å². The summed E-state index contributed by atoms with van der Waals surface area (Å²) in [5.74, 6) is 1.66. The number of aryl methyl sites for hydroxylation is 1. The number of benzene rings is 1. The van der Waals surface area contributed by atoms with E-state index < -0.39 is 0 Å². The van der Waals surface area contributed by atoms with Gasteiger partial charge in [-0.25, -0.2) is 0 Å². The molecule has 0 saturated heterocycles. The van der Waals surface area contributed by atoms with Crippen molar-refractivity contribution in [3.8, 4) is 5.75 Å². The SMILES string of the molecule is COc1ccc(Cl)cc1CCC(N)C1CC1. The molecular formula is C13H18ClNO. The fourth-order valence-electron chi connectivity index (χ4n) is 2.02. The number of ether oxygens (including phenoxy) is 1. The van der Waals surface area contributed by atoms with Gasteiger partial charge in [-0.15, -0.1) is 0 Å². The molecule has 2 nitrogen and oxygen atoms in total. The lowest BCUT2D eigenvalue weighted by Gasteiger charge is -2.12. The van der Waals surface area contributed by atoms with Gasteiger partial charge < -0.3 is 10.5 Å². The molecule has 2 N–H and O–H groups in total. The number of hydrogen-bond acceptors (Lipinski definition) is 2. The summed E-state index contributed by atoms with van der Waals surface area (Å²) in [5, 5.41) is 0.760. The second-order valence-electron chi connectivity index (χ2n) is 4.50. The third-order valence-corrected chi connectivity index (χ3v) is 3.45. The lowest BCUT2D eigenvalue weighted by molar-refractivity contribution is 0.407. The van der Waals surface area contributed by atoms with E-state index in [0.717, 1.165) is 35.1 Å². The van der Waals surface area contributed by atoms with Crippen LogP contribution in [0.2, 0.25) is 5.02 Å². The van der Waals surface area contributed by atoms with Gasteiger partial charge in [0.15, 0.2) is 0 Å². The van der Waals surface area contributed by atoms with E-state index in [0.29, 0.717) is 6.04 Å². The Hall–Kier alpha value is -0.730. The summed E-state index contributed by atoms with van der Waals surface area (Å²) in [6.07, 6.45) is 4.56. The Bertz CT molecular complexity index is 363. The van der Waals surface area contributed by atoms with Gasteiger partial charge in [-0.05, 0) is 55.4 Å². The quantitative estimate of drug-likeness (QED) is 0.857. The number of methoxy groups -OCH3 is 1. The molecule has 1 unspecified atom stereocenters. The minimum absolute atomic E-state index is 0.337. The molecule has 0 bridgehead atoms. The van der Waals surface area contributed by atoms with Gasteiger partial charge in [0.2, 0.25) is 0 Å². The van der Waals surface area contributed by atoms with E-state index >= 15 is 0 Å². The molecule has 0 aromatic heterocycles.